The largest absolute Gasteiger partial charge is 0.495 e. The van der Waals surface area contributed by atoms with E-state index in [-0.39, 0.29) is 24.7 Å². The van der Waals surface area contributed by atoms with Crippen molar-refractivity contribution in [3.05, 3.63) is 58.0 Å². The summed E-state index contributed by atoms with van der Waals surface area (Å²) >= 11 is 5.97. The second-order valence-electron chi connectivity index (χ2n) is 6.74. The number of benzene rings is 2. The van der Waals surface area contributed by atoms with Gasteiger partial charge < -0.3 is 15.0 Å². The zero-order chi connectivity index (χ0) is 21.8. The average Bonchev–Trinajstić information content (AvgIpc) is 2.99. The van der Waals surface area contributed by atoms with Gasteiger partial charge in [0, 0.05) is 18.6 Å². The number of para-hydroxylation sites is 2. The normalized spacial score (nSPS) is 10.8. The van der Waals surface area contributed by atoms with E-state index in [0.29, 0.717) is 28.5 Å². The maximum absolute atomic E-state index is 12.7. The molecule has 3 rings (SSSR count). The fraction of sp³-hybridized carbons (Fsp3) is 0.286. The molecule has 0 unspecified atom stereocenters. The van der Waals surface area contributed by atoms with Gasteiger partial charge in [0.2, 0.25) is 11.8 Å². The number of nitrogens with zero attached hydrogens (tertiary/aromatic N) is 3. The minimum absolute atomic E-state index is 0.156. The summed E-state index contributed by atoms with van der Waals surface area (Å²) in [4.78, 5) is 39.1. The molecule has 3 aromatic rings. The van der Waals surface area contributed by atoms with Gasteiger partial charge in [0.05, 0.1) is 30.4 Å². The molecular weight excluding hydrogens is 408 g/mol. The van der Waals surface area contributed by atoms with E-state index in [9.17, 15) is 14.4 Å². The van der Waals surface area contributed by atoms with E-state index in [2.05, 4.69) is 5.32 Å². The molecule has 0 bridgehead atoms. The third kappa shape index (κ3) is 4.33. The van der Waals surface area contributed by atoms with Gasteiger partial charge in [-0.15, -0.1) is 0 Å². The Balaban J connectivity index is 1.72. The molecule has 2 amide bonds. The van der Waals surface area contributed by atoms with Gasteiger partial charge in [-0.3, -0.25) is 18.7 Å². The van der Waals surface area contributed by atoms with Crippen LogP contribution in [0.1, 0.15) is 6.92 Å². The maximum Gasteiger partial charge on any atom is 0.329 e. The number of rotatable bonds is 7. The molecular formula is C21H23ClN4O4. The van der Waals surface area contributed by atoms with Crippen LogP contribution in [0.25, 0.3) is 11.0 Å². The number of fused-ring (bicyclic) bond motifs is 1. The molecule has 0 atom stereocenters. The summed E-state index contributed by atoms with van der Waals surface area (Å²) in [5.74, 6) is -0.306. The van der Waals surface area contributed by atoms with Crippen LogP contribution in [0.5, 0.6) is 5.75 Å². The number of likely N-dealkylation sites (N-methyl/N-ethyl adjacent to an activating group) is 1. The van der Waals surface area contributed by atoms with Gasteiger partial charge in [0.25, 0.3) is 0 Å². The van der Waals surface area contributed by atoms with Crippen molar-refractivity contribution in [3.8, 4) is 5.75 Å². The first-order valence-corrected chi connectivity index (χ1v) is 9.79. The molecule has 0 aliphatic rings. The lowest BCUT2D eigenvalue weighted by molar-refractivity contribution is -0.133. The SMILES string of the molecule is CCn1c(=O)n(CC(=O)N(C)CC(=O)Nc2cc(Cl)ccc2OC)c2ccccc21. The van der Waals surface area contributed by atoms with Gasteiger partial charge >= 0.3 is 5.69 Å². The third-order valence-corrected chi connectivity index (χ3v) is 5.01. The minimum atomic E-state index is -0.408. The number of halogens is 1. The number of aromatic nitrogens is 2. The Morgan fingerprint density at radius 2 is 1.80 bits per heavy atom. The van der Waals surface area contributed by atoms with Gasteiger partial charge in [0.1, 0.15) is 12.3 Å². The molecule has 2 aromatic carbocycles. The number of methoxy groups -OCH3 is 1. The molecule has 158 valence electrons. The molecule has 1 aromatic heterocycles. The predicted molar refractivity (Wildman–Crippen MR) is 116 cm³/mol. The Morgan fingerprint density at radius 1 is 1.13 bits per heavy atom. The molecule has 0 saturated carbocycles. The van der Waals surface area contributed by atoms with Crippen molar-refractivity contribution in [1.82, 2.24) is 14.0 Å². The average molecular weight is 431 g/mol. The number of imidazole rings is 1. The van der Waals surface area contributed by atoms with Crippen LogP contribution in [0.3, 0.4) is 0 Å². The van der Waals surface area contributed by atoms with Crippen molar-refractivity contribution in [2.24, 2.45) is 0 Å². The van der Waals surface area contributed by atoms with E-state index in [4.69, 9.17) is 16.3 Å². The van der Waals surface area contributed by atoms with E-state index in [1.807, 2.05) is 25.1 Å². The van der Waals surface area contributed by atoms with Gasteiger partial charge in [0.15, 0.2) is 0 Å². The van der Waals surface area contributed by atoms with Crippen LogP contribution in [-0.2, 0) is 22.7 Å². The molecule has 1 heterocycles. The number of ether oxygens (including phenoxy) is 1. The number of carbonyl (C=O) groups excluding carboxylic acids is 2. The van der Waals surface area contributed by atoms with Crippen LogP contribution in [-0.4, -0.2) is 46.6 Å². The number of carbonyl (C=O) groups is 2. The van der Waals surface area contributed by atoms with Crippen LogP contribution in [0, 0.1) is 0 Å². The van der Waals surface area contributed by atoms with Crippen molar-refractivity contribution < 1.29 is 14.3 Å². The summed E-state index contributed by atoms with van der Waals surface area (Å²) in [6.45, 7) is 2.03. The van der Waals surface area contributed by atoms with Crippen LogP contribution in [0.15, 0.2) is 47.3 Å². The van der Waals surface area contributed by atoms with Gasteiger partial charge in [-0.25, -0.2) is 4.79 Å². The van der Waals surface area contributed by atoms with Crippen molar-refractivity contribution in [2.75, 3.05) is 26.0 Å². The molecule has 0 spiro atoms. The molecule has 0 aliphatic heterocycles. The molecule has 0 saturated heterocycles. The highest BCUT2D eigenvalue weighted by Gasteiger charge is 2.19. The Kier molecular flexibility index (Phi) is 6.47. The molecule has 0 fully saturated rings. The van der Waals surface area contributed by atoms with Crippen LogP contribution >= 0.6 is 11.6 Å². The van der Waals surface area contributed by atoms with E-state index in [1.165, 1.54) is 23.6 Å². The Bertz CT molecular complexity index is 1150. The van der Waals surface area contributed by atoms with Gasteiger partial charge in [-0.2, -0.15) is 0 Å². The third-order valence-electron chi connectivity index (χ3n) is 4.78. The summed E-state index contributed by atoms with van der Waals surface area (Å²) < 4.78 is 8.24. The van der Waals surface area contributed by atoms with Crippen LogP contribution < -0.4 is 15.7 Å². The molecule has 30 heavy (non-hydrogen) atoms. The lowest BCUT2D eigenvalue weighted by Gasteiger charge is -2.18. The summed E-state index contributed by atoms with van der Waals surface area (Å²) in [6.07, 6.45) is 0. The van der Waals surface area contributed by atoms with E-state index in [1.54, 1.807) is 28.8 Å². The number of amides is 2. The number of anilines is 1. The molecule has 0 radical (unpaired) electrons. The van der Waals surface area contributed by atoms with Crippen molar-refractivity contribution in [2.45, 2.75) is 20.0 Å². The lowest BCUT2D eigenvalue weighted by atomic mass is 10.3. The van der Waals surface area contributed by atoms with Crippen molar-refractivity contribution in [1.29, 1.82) is 0 Å². The quantitative estimate of drug-likeness (QED) is 0.624. The second-order valence-corrected chi connectivity index (χ2v) is 7.18. The first-order chi connectivity index (χ1) is 14.3. The zero-order valence-corrected chi connectivity index (χ0v) is 17.8. The standard InChI is InChI=1S/C21H23ClN4O4/c1-4-25-16-7-5-6-8-17(16)26(21(25)29)13-20(28)24(2)12-19(27)23-15-11-14(22)9-10-18(15)30-3/h5-11H,4,12-13H2,1-3H3,(H,23,27). The van der Waals surface area contributed by atoms with Gasteiger partial charge in [-0.05, 0) is 37.3 Å². The second kappa shape index (κ2) is 9.04. The van der Waals surface area contributed by atoms with Crippen molar-refractivity contribution in [3.63, 3.8) is 0 Å². The topological polar surface area (TPSA) is 85.6 Å². The minimum Gasteiger partial charge on any atom is -0.495 e. The fourth-order valence-electron chi connectivity index (χ4n) is 3.26. The molecule has 9 heteroatoms. The number of aryl methyl sites for hydroxylation is 1. The summed E-state index contributed by atoms with van der Waals surface area (Å²) in [5.41, 5.74) is 1.61. The zero-order valence-electron chi connectivity index (χ0n) is 17.0. The number of nitrogens with one attached hydrogen (secondary N) is 1. The maximum atomic E-state index is 12.7. The van der Waals surface area contributed by atoms with E-state index < -0.39 is 5.91 Å². The molecule has 8 nitrogen and oxygen atoms in total. The first kappa shape index (κ1) is 21.4. The highest BCUT2D eigenvalue weighted by atomic mass is 35.5. The molecule has 0 aliphatic carbocycles. The number of hydrogen-bond acceptors (Lipinski definition) is 4. The summed E-state index contributed by atoms with van der Waals surface area (Å²) in [5, 5.41) is 3.14. The monoisotopic (exact) mass is 430 g/mol. The predicted octanol–water partition coefficient (Wildman–Crippen LogP) is 2.58. The fourth-order valence-corrected chi connectivity index (χ4v) is 3.43. The number of hydrogen-bond donors (Lipinski definition) is 1. The smallest absolute Gasteiger partial charge is 0.329 e. The van der Waals surface area contributed by atoms with E-state index >= 15 is 0 Å². The first-order valence-electron chi connectivity index (χ1n) is 9.41. The van der Waals surface area contributed by atoms with E-state index in [0.717, 1.165) is 5.52 Å². The highest BCUT2D eigenvalue weighted by Crippen LogP contribution is 2.27. The lowest BCUT2D eigenvalue weighted by Crippen LogP contribution is -2.38. The van der Waals surface area contributed by atoms with Crippen molar-refractivity contribution >= 4 is 40.1 Å². The van der Waals surface area contributed by atoms with Crippen LogP contribution in [0.4, 0.5) is 5.69 Å². The molecule has 1 N–H and O–H groups in total. The van der Waals surface area contributed by atoms with Crippen LogP contribution in [0.2, 0.25) is 5.02 Å². The summed E-state index contributed by atoms with van der Waals surface area (Å²) in [6, 6.07) is 12.2. The Labute approximate surface area is 178 Å². The highest BCUT2D eigenvalue weighted by molar-refractivity contribution is 6.31. The Hall–Kier alpha value is -3.26. The Morgan fingerprint density at radius 3 is 2.43 bits per heavy atom. The summed E-state index contributed by atoms with van der Waals surface area (Å²) in [7, 11) is 3.00. The van der Waals surface area contributed by atoms with Gasteiger partial charge in [-0.1, -0.05) is 23.7 Å².